The Morgan fingerprint density at radius 1 is 1.16 bits per heavy atom. The van der Waals surface area contributed by atoms with Crippen molar-refractivity contribution < 1.29 is 9.59 Å². The Morgan fingerprint density at radius 2 is 1.95 bits per heavy atom. The molecule has 0 atom stereocenters. The van der Waals surface area contributed by atoms with Crippen LogP contribution in [0.1, 0.15) is 53.8 Å². The fourth-order valence-corrected chi connectivity index (χ4v) is 2.77. The molecule has 1 aromatic rings. The van der Waals surface area contributed by atoms with E-state index in [0.717, 1.165) is 49.8 Å². The van der Waals surface area contributed by atoms with Gasteiger partial charge in [0.05, 0.1) is 0 Å². The third-order valence-corrected chi connectivity index (χ3v) is 3.83. The molecule has 1 saturated heterocycles. The second-order valence-corrected chi connectivity index (χ2v) is 5.18. The zero-order valence-corrected chi connectivity index (χ0v) is 10.9. The van der Waals surface area contributed by atoms with E-state index in [1.807, 2.05) is 0 Å². The van der Waals surface area contributed by atoms with Crippen LogP contribution in [0.2, 0.25) is 0 Å². The van der Waals surface area contributed by atoms with E-state index in [1.165, 1.54) is 5.01 Å². The maximum Gasteiger partial charge on any atom is 0.290 e. The van der Waals surface area contributed by atoms with E-state index in [2.05, 4.69) is 15.6 Å². The molecular weight excluding hydrogens is 244 g/mol. The van der Waals surface area contributed by atoms with Crippen LogP contribution in [0.4, 0.5) is 0 Å². The summed E-state index contributed by atoms with van der Waals surface area (Å²) in [6.45, 7) is 0.594. The van der Waals surface area contributed by atoms with Gasteiger partial charge in [-0.3, -0.25) is 25.1 Å². The number of aryl methyl sites for hydroxylation is 1. The third-order valence-electron chi connectivity index (χ3n) is 3.83. The van der Waals surface area contributed by atoms with Crippen LogP contribution in [0.5, 0.6) is 0 Å². The number of aromatic nitrogens is 2. The first-order chi connectivity index (χ1) is 9.25. The Bertz CT molecular complexity index is 509. The number of fused-ring (bicyclic) bond motifs is 1. The summed E-state index contributed by atoms with van der Waals surface area (Å²) < 4.78 is 0. The second-order valence-electron chi connectivity index (χ2n) is 5.18. The van der Waals surface area contributed by atoms with E-state index >= 15 is 0 Å². The number of piperidine rings is 1. The summed E-state index contributed by atoms with van der Waals surface area (Å²) in [5, 5.41) is 8.48. The minimum atomic E-state index is -0.269. The van der Waals surface area contributed by atoms with Gasteiger partial charge in [0.2, 0.25) is 5.91 Å². The number of rotatable bonds is 2. The first-order valence-electron chi connectivity index (χ1n) is 6.93. The first kappa shape index (κ1) is 12.2. The van der Waals surface area contributed by atoms with Gasteiger partial charge in [-0.05, 0) is 38.5 Å². The van der Waals surface area contributed by atoms with Gasteiger partial charge in [-0.1, -0.05) is 0 Å². The van der Waals surface area contributed by atoms with Crippen molar-refractivity contribution in [3.05, 3.63) is 17.0 Å². The van der Waals surface area contributed by atoms with Crippen molar-refractivity contribution in [1.29, 1.82) is 0 Å². The molecule has 6 nitrogen and oxygen atoms in total. The van der Waals surface area contributed by atoms with Crippen LogP contribution in [0.15, 0.2) is 0 Å². The number of aromatic amines is 1. The number of hydrogen-bond donors (Lipinski definition) is 2. The Kier molecular flexibility index (Phi) is 3.23. The van der Waals surface area contributed by atoms with Crippen molar-refractivity contribution in [2.24, 2.45) is 0 Å². The van der Waals surface area contributed by atoms with Gasteiger partial charge in [0.25, 0.3) is 5.91 Å². The van der Waals surface area contributed by atoms with Crippen LogP contribution in [0.3, 0.4) is 0 Å². The lowest BCUT2D eigenvalue weighted by Gasteiger charge is -2.26. The third kappa shape index (κ3) is 2.34. The smallest absolute Gasteiger partial charge is 0.281 e. The second kappa shape index (κ2) is 5.03. The van der Waals surface area contributed by atoms with Crippen LogP contribution in [-0.2, 0) is 17.6 Å². The minimum Gasteiger partial charge on any atom is -0.281 e. The van der Waals surface area contributed by atoms with Gasteiger partial charge in [-0.25, -0.2) is 0 Å². The molecule has 6 heteroatoms. The van der Waals surface area contributed by atoms with Gasteiger partial charge in [0.1, 0.15) is 0 Å². The molecule has 102 valence electrons. The molecule has 0 bridgehead atoms. The van der Waals surface area contributed by atoms with E-state index in [-0.39, 0.29) is 11.8 Å². The summed E-state index contributed by atoms with van der Waals surface area (Å²) in [7, 11) is 0. The molecule has 1 aromatic heterocycles. The molecule has 0 aromatic carbocycles. The number of hydrazine groups is 1. The van der Waals surface area contributed by atoms with Gasteiger partial charge in [-0.15, -0.1) is 0 Å². The average Bonchev–Trinajstić information content (AvgIpc) is 2.85. The lowest BCUT2D eigenvalue weighted by molar-refractivity contribution is -0.135. The normalized spacial score (nSPS) is 19.2. The summed E-state index contributed by atoms with van der Waals surface area (Å²) in [5.74, 6) is -0.279. The SMILES string of the molecule is O=C(NN1CCCCC1=O)c1n[nH]c2c1CCCC2. The molecule has 0 radical (unpaired) electrons. The lowest BCUT2D eigenvalue weighted by Crippen LogP contribution is -2.48. The first-order valence-corrected chi connectivity index (χ1v) is 6.93. The highest BCUT2D eigenvalue weighted by atomic mass is 16.2. The van der Waals surface area contributed by atoms with E-state index in [1.54, 1.807) is 0 Å². The lowest BCUT2D eigenvalue weighted by atomic mass is 9.96. The minimum absolute atomic E-state index is 0.0102. The molecule has 0 unspecified atom stereocenters. The van der Waals surface area contributed by atoms with Gasteiger partial charge in [-0.2, -0.15) is 5.10 Å². The molecule has 0 saturated carbocycles. The Labute approximate surface area is 111 Å². The maximum atomic E-state index is 12.2. The number of H-pyrrole nitrogens is 1. The summed E-state index contributed by atoms with van der Waals surface area (Å²) in [5.41, 5.74) is 5.23. The molecule has 3 rings (SSSR count). The highest BCUT2D eigenvalue weighted by Gasteiger charge is 2.25. The standard InChI is InChI=1S/C13H18N4O2/c18-11-7-3-4-8-17(11)16-13(19)12-9-5-1-2-6-10(9)14-15-12/h1-8H2,(H,14,15)(H,16,19). The molecule has 2 amide bonds. The Balaban J connectivity index is 1.73. The quantitative estimate of drug-likeness (QED) is 0.832. The molecule has 1 aliphatic heterocycles. The van der Waals surface area contributed by atoms with Crippen LogP contribution >= 0.6 is 0 Å². The molecule has 1 aliphatic carbocycles. The van der Waals surface area contributed by atoms with Crippen molar-refractivity contribution in [2.45, 2.75) is 44.9 Å². The van der Waals surface area contributed by atoms with Crippen molar-refractivity contribution in [3.8, 4) is 0 Å². The topological polar surface area (TPSA) is 78.1 Å². The van der Waals surface area contributed by atoms with Crippen molar-refractivity contribution in [2.75, 3.05) is 6.54 Å². The molecule has 2 heterocycles. The summed E-state index contributed by atoms with van der Waals surface area (Å²) in [6.07, 6.45) is 6.43. The Morgan fingerprint density at radius 3 is 2.79 bits per heavy atom. The molecule has 19 heavy (non-hydrogen) atoms. The highest BCUT2D eigenvalue weighted by Crippen LogP contribution is 2.22. The number of hydrogen-bond acceptors (Lipinski definition) is 3. The van der Waals surface area contributed by atoms with Gasteiger partial charge in [0.15, 0.2) is 5.69 Å². The fraction of sp³-hybridized carbons (Fsp3) is 0.615. The van der Waals surface area contributed by atoms with Crippen molar-refractivity contribution >= 4 is 11.8 Å². The van der Waals surface area contributed by atoms with Crippen molar-refractivity contribution in [3.63, 3.8) is 0 Å². The number of nitrogens with zero attached hydrogens (tertiary/aromatic N) is 2. The largest absolute Gasteiger partial charge is 0.290 e. The van der Waals surface area contributed by atoms with Crippen LogP contribution in [0.25, 0.3) is 0 Å². The van der Waals surface area contributed by atoms with Gasteiger partial charge >= 0.3 is 0 Å². The zero-order chi connectivity index (χ0) is 13.2. The summed E-state index contributed by atoms with van der Waals surface area (Å²) in [6, 6.07) is 0. The monoisotopic (exact) mass is 262 g/mol. The van der Waals surface area contributed by atoms with Gasteiger partial charge < -0.3 is 0 Å². The van der Waals surface area contributed by atoms with E-state index in [0.29, 0.717) is 18.7 Å². The van der Waals surface area contributed by atoms with Crippen molar-refractivity contribution in [1.82, 2.24) is 20.6 Å². The van der Waals surface area contributed by atoms with Crippen LogP contribution in [0, 0.1) is 0 Å². The Hall–Kier alpha value is -1.85. The number of amides is 2. The molecule has 2 N–H and O–H groups in total. The zero-order valence-electron chi connectivity index (χ0n) is 10.9. The van der Waals surface area contributed by atoms with Gasteiger partial charge in [0, 0.05) is 24.2 Å². The predicted molar refractivity (Wildman–Crippen MR) is 68.3 cm³/mol. The summed E-state index contributed by atoms with van der Waals surface area (Å²) in [4.78, 5) is 23.9. The predicted octanol–water partition coefficient (Wildman–Crippen LogP) is 0.946. The van der Waals surface area contributed by atoms with E-state index in [9.17, 15) is 9.59 Å². The molecular formula is C13H18N4O2. The highest BCUT2D eigenvalue weighted by molar-refractivity contribution is 5.95. The summed E-state index contributed by atoms with van der Waals surface area (Å²) >= 11 is 0. The number of carbonyl (C=O) groups excluding carboxylic acids is 2. The van der Waals surface area contributed by atoms with Crippen LogP contribution < -0.4 is 5.43 Å². The number of carbonyl (C=O) groups is 2. The fourth-order valence-electron chi connectivity index (χ4n) is 2.77. The van der Waals surface area contributed by atoms with E-state index < -0.39 is 0 Å². The molecule has 2 aliphatic rings. The molecule has 0 spiro atoms. The molecule has 1 fully saturated rings. The maximum absolute atomic E-state index is 12.2. The van der Waals surface area contributed by atoms with Crippen LogP contribution in [-0.4, -0.2) is 33.6 Å². The number of nitrogens with one attached hydrogen (secondary N) is 2. The average molecular weight is 262 g/mol. The van der Waals surface area contributed by atoms with E-state index in [4.69, 9.17) is 0 Å².